The van der Waals surface area contributed by atoms with Crippen molar-refractivity contribution in [1.29, 1.82) is 0 Å². The molecule has 0 fully saturated rings. The molecule has 1 heterocycles. The Labute approximate surface area is 134 Å². The standard InChI is InChI=1S/C19H19FN2O/c1-12(14-6-4-3-5-7-14)22-19(23)11-16-13(2)21-18-9-8-15(20)10-17(16)18/h3-10,12,21H,11H2,1-2H3,(H,22,23). The third-order valence-electron chi connectivity index (χ3n) is 4.10. The van der Waals surface area contributed by atoms with Gasteiger partial charge < -0.3 is 10.3 Å². The van der Waals surface area contributed by atoms with E-state index in [0.717, 1.165) is 27.7 Å². The van der Waals surface area contributed by atoms with Gasteiger partial charge in [0.2, 0.25) is 5.91 Å². The minimum atomic E-state index is -0.296. The first-order valence-electron chi connectivity index (χ1n) is 7.65. The second-order valence-corrected chi connectivity index (χ2v) is 5.80. The van der Waals surface area contributed by atoms with E-state index in [9.17, 15) is 9.18 Å². The molecular formula is C19H19FN2O. The van der Waals surface area contributed by atoms with Crippen LogP contribution in [-0.2, 0) is 11.2 Å². The van der Waals surface area contributed by atoms with Gasteiger partial charge in [0.25, 0.3) is 0 Å². The van der Waals surface area contributed by atoms with Crippen molar-refractivity contribution >= 4 is 16.8 Å². The topological polar surface area (TPSA) is 44.9 Å². The molecule has 0 aliphatic carbocycles. The summed E-state index contributed by atoms with van der Waals surface area (Å²) in [6.07, 6.45) is 0.229. The van der Waals surface area contributed by atoms with Crippen LogP contribution in [-0.4, -0.2) is 10.9 Å². The molecule has 4 heteroatoms. The first kappa shape index (κ1) is 15.3. The van der Waals surface area contributed by atoms with Crippen molar-refractivity contribution < 1.29 is 9.18 Å². The second-order valence-electron chi connectivity index (χ2n) is 5.80. The Hall–Kier alpha value is -2.62. The first-order valence-corrected chi connectivity index (χ1v) is 7.65. The molecule has 0 radical (unpaired) electrons. The summed E-state index contributed by atoms with van der Waals surface area (Å²) in [5.41, 5.74) is 3.65. The number of aryl methyl sites for hydroxylation is 1. The first-order chi connectivity index (χ1) is 11.0. The number of carbonyl (C=O) groups excluding carboxylic acids is 1. The lowest BCUT2D eigenvalue weighted by atomic mass is 10.1. The zero-order chi connectivity index (χ0) is 16.4. The molecule has 118 valence electrons. The van der Waals surface area contributed by atoms with Crippen LogP contribution in [0, 0.1) is 12.7 Å². The molecule has 23 heavy (non-hydrogen) atoms. The minimum Gasteiger partial charge on any atom is -0.358 e. The Balaban J connectivity index is 1.78. The molecule has 0 aliphatic rings. The fraction of sp³-hybridized carbons (Fsp3) is 0.211. The van der Waals surface area contributed by atoms with Crippen molar-refractivity contribution in [3.05, 3.63) is 71.2 Å². The average molecular weight is 310 g/mol. The molecule has 1 atom stereocenters. The van der Waals surface area contributed by atoms with Crippen LogP contribution >= 0.6 is 0 Å². The summed E-state index contributed by atoms with van der Waals surface area (Å²) >= 11 is 0. The molecule has 0 saturated carbocycles. The van der Waals surface area contributed by atoms with Crippen LogP contribution in [0.2, 0.25) is 0 Å². The normalized spacial score (nSPS) is 12.3. The van der Waals surface area contributed by atoms with Crippen LogP contribution in [0.4, 0.5) is 4.39 Å². The molecule has 0 aliphatic heterocycles. The molecule has 3 nitrogen and oxygen atoms in total. The van der Waals surface area contributed by atoms with Gasteiger partial charge >= 0.3 is 0 Å². The van der Waals surface area contributed by atoms with Crippen molar-refractivity contribution in [3.8, 4) is 0 Å². The Bertz CT molecular complexity index is 839. The van der Waals surface area contributed by atoms with Gasteiger partial charge in [-0.15, -0.1) is 0 Å². The highest BCUT2D eigenvalue weighted by Gasteiger charge is 2.15. The van der Waals surface area contributed by atoms with Crippen LogP contribution < -0.4 is 5.32 Å². The predicted molar refractivity (Wildman–Crippen MR) is 89.7 cm³/mol. The van der Waals surface area contributed by atoms with Crippen LogP contribution in [0.25, 0.3) is 10.9 Å². The monoisotopic (exact) mass is 310 g/mol. The number of benzene rings is 2. The van der Waals surface area contributed by atoms with Crippen LogP contribution in [0.15, 0.2) is 48.5 Å². The maximum Gasteiger partial charge on any atom is 0.224 e. The third kappa shape index (κ3) is 3.26. The van der Waals surface area contributed by atoms with E-state index in [1.807, 2.05) is 44.2 Å². The molecular weight excluding hydrogens is 291 g/mol. The largest absolute Gasteiger partial charge is 0.358 e. The maximum absolute atomic E-state index is 13.5. The molecule has 0 saturated heterocycles. The second kappa shape index (κ2) is 6.24. The van der Waals surface area contributed by atoms with Crippen LogP contribution in [0.3, 0.4) is 0 Å². The Morgan fingerprint density at radius 3 is 2.70 bits per heavy atom. The zero-order valence-electron chi connectivity index (χ0n) is 13.2. The number of amides is 1. The van der Waals surface area contributed by atoms with Crippen LogP contribution in [0.5, 0.6) is 0 Å². The summed E-state index contributed by atoms with van der Waals surface area (Å²) in [5.74, 6) is -0.370. The number of halogens is 1. The van der Waals surface area contributed by atoms with Gasteiger partial charge in [-0.25, -0.2) is 4.39 Å². The molecule has 3 rings (SSSR count). The quantitative estimate of drug-likeness (QED) is 0.750. The lowest BCUT2D eigenvalue weighted by molar-refractivity contribution is -0.121. The van der Waals surface area contributed by atoms with Crippen molar-refractivity contribution in [2.75, 3.05) is 0 Å². The number of fused-ring (bicyclic) bond motifs is 1. The summed E-state index contributed by atoms with van der Waals surface area (Å²) in [7, 11) is 0. The molecule has 0 spiro atoms. The van der Waals surface area contributed by atoms with E-state index >= 15 is 0 Å². The summed E-state index contributed by atoms with van der Waals surface area (Å²) in [6.45, 7) is 3.86. The summed E-state index contributed by atoms with van der Waals surface area (Å²) in [4.78, 5) is 15.6. The zero-order valence-corrected chi connectivity index (χ0v) is 13.2. The highest BCUT2D eigenvalue weighted by Crippen LogP contribution is 2.24. The van der Waals surface area contributed by atoms with Gasteiger partial charge in [-0.1, -0.05) is 30.3 Å². The van der Waals surface area contributed by atoms with Crippen molar-refractivity contribution in [1.82, 2.24) is 10.3 Å². The number of aromatic nitrogens is 1. The van der Waals surface area contributed by atoms with Crippen LogP contribution in [0.1, 0.15) is 29.8 Å². The maximum atomic E-state index is 13.5. The predicted octanol–water partition coefficient (Wildman–Crippen LogP) is 4.04. The van der Waals surface area contributed by atoms with E-state index in [2.05, 4.69) is 10.3 Å². The smallest absolute Gasteiger partial charge is 0.224 e. The Kier molecular flexibility index (Phi) is 4.15. The van der Waals surface area contributed by atoms with Gasteiger partial charge in [0.1, 0.15) is 5.82 Å². The summed E-state index contributed by atoms with van der Waals surface area (Å²) < 4.78 is 13.5. The summed E-state index contributed by atoms with van der Waals surface area (Å²) in [6, 6.07) is 14.3. The van der Waals surface area contributed by atoms with E-state index in [1.165, 1.54) is 12.1 Å². The highest BCUT2D eigenvalue weighted by molar-refractivity contribution is 5.90. The molecule has 0 bridgehead atoms. The Morgan fingerprint density at radius 1 is 1.22 bits per heavy atom. The van der Waals surface area contributed by atoms with Crippen molar-refractivity contribution in [3.63, 3.8) is 0 Å². The Morgan fingerprint density at radius 2 is 1.96 bits per heavy atom. The lowest BCUT2D eigenvalue weighted by Gasteiger charge is -2.14. The number of carbonyl (C=O) groups is 1. The van der Waals surface area contributed by atoms with Gasteiger partial charge in [-0.2, -0.15) is 0 Å². The van der Waals surface area contributed by atoms with Crippen molar-refractivity contribution in [2.24, 2.45) is 0 Å². The fourth-order valence-electron chi connectivity index (χ4n) is 2.86. The number of hydrogen-bond donors (Lipinski definition) is 2. The van der Waals surface area contributed by atoms with E-state index in [-0.39, 0.29) is 24.2 Å². The van der Waals surface area contributed by atoms with Gasteiger partial charge in [0.15, 0.2) is 0 Å². The SMILES string of the molecule is Cc1[nH]c2ccc(F)cc2c1CC(=O)NC(C)c1ccccc1. The average Bonchev–Trinajstić information content (AvgIpc) is 2.84. The van der Waals surface area contributed by atoms with Gasteiger partial charge in [-0.3, -0.25) is 4.79 Å². The number of rotatable bonds is 4. The molecule has 1 aromatic heterocycles. The highest BCUT2D eigenvalue weighted by atomic mass is 19.1. The van der Waals surface area contributed by atoms with E-state index in [4.69, 9.17) is 0 Å². The third-order valence-corrected chi connectivity index (χ3v) is 4.10. The summed E-state index contributed by atoms with van der Waals surface area (Å²) in [5, 5.41) is 3.76. The molecule has 3 aromatic rings. The number of hydrogen-bond acceptors (Lipinski definition) is 1. The van der Waals surface area contributed by atoms with E-state index in [1.54, 1.807) is 6.07 Å². The van der Waals surface area contributed by atoms with Gasteiger partial charge in [-0.05, 0) is 43.2 Å². The molecule has 2 aromatic carbocycles. The van der Waals surface area contributed by atoms with Gasteiger partial charge in [0.05, 0.1) is 12.5 Å². The fourth-order valence-corrected chi connectivity index (χ4v) is 2.86. The lowest BCUT2D eigenvalue weighted by Crippen LogP contribution is -2.28. The van der Waals surface area contributed by atoms with Crippen molar-refractivity contribution in [2.45, 2.75) is 26.3 Å². The number of H-pyrrole nitrogens is 1. The van der Waals surface area contributed by atoms with Gasteiger partial charge in [0, 0.05) is 16.6 Å². The number of aromatic amines is 1. The number of nitrogens with one attached hydrogen (secondary N) is 2. The minimum absolute atomic E-state index is 0.0639. The molecule has 1 amide bonds. The van der Waals surface area contributed by atoms with E-state index in [0.29, 0.717) is 0 Å². The van der Waals surface area contributed by atoms with E-state index < -0.39 is 0 Å². The molecule has 1 unspecified atom stereocenters. The molecule has 2 N–H and O–H groups in total.